The van der Waals surface area contributed by atoms with E-state index in [9.17, 15) is 9.18 Å². The van der Waals surface area contributed by atoms with E-state index < -0.39 is 6.04 Å². The molecule has 0 fully saturated rings. The second kappa shape index (κ2) is 6.26. The predicted molar refractivity (Wildman–Crippen MR) is 79.7 cm³/mol. The normalized spacial score (nSPS) is 11.8. The molecule has 2 aromatic rings. The van der Waals surface area contributed by atoms with Gasteiger partial charge < -0.3 is 15.8 Å². The van der Waals surface area contributed by atoms with E-state index in [2.05, 4.69) is 5.32 Å². The van der Waals surface area contributed by atoms with Gasteiger partial charge in [-0.25, -0.2) is 4.39 Å². The lowest BCUT2D eigenvalue weighted by atomic mass is 10.1. The minimum Gasteiger partial charge on any atom is -0.497 e. The fourth-order valence-electron chi connectivity index (χ4n) is 2.05. The first-order valence-electron chi connectivity index (χ1n) is 6.51. The van der Waals surface area contributed by atoms with E-state index in [0.717, 1.165) is 0 Å². The second-order valence-corrected chi connectivity index (χ2v) is 4.67. The van der Waals surface area contributed by atoms with E-state index in [4.69, 9.17) is 10.5 Å². The van der Waals surface area contributed by atoms with Crippen LogP contribution in [0.5, 0.6) is 5.75 Å². The van der Waals surface area contributed by atoms with Gasteiger partial charge in [0.1, 0.15) is 11.6 Å². The Morgan fingerprint density at radius 2 is 2.00 bits per heavy atom. The lowest BCUT2D eigenvalue weighted by Crippen LogP contribution is -2.27. The molecule has 4 nitrogen and oxygen atoms in total. The van der Waals surface area contributed by atoms with Crippen molar-refractivity contribution in [2.75, 3.05) is 12.8 Å². The third kappa shape index (κ3) is 3.31. The number of nitrogens with two attached hydrogens (primary N) is 1. The Morgan fingerprint density at radius 3 is 2.62 bits per heavy atom. The fraction of sp³-hybridized carbons (Fsp3) is 0.188. The van der Waals surface area contributed by atoms with Gasteiger partial charge in [0.25, 0.3) is 5.91 Å². The summed E-state index contributed by atoms with van der Waals surface area (Å²) < 4.78 is 18.7. The van der Waals surface area contributed by atoms with Gasteiger partial charge in [0.2, 0.25) is 0 Å². The number of benzene rings is 2. The topological polar surface area (TPSA) is 64.3 Å². The smallest absolute Gasteiger partial charge is 0.253 e. The van der Waals surface area contributed by atoms with Crippen LogP contribution in [0, 0.1) is 5.82 Å². The maximum atomic E-state index is 13.7. The van der Waals surface area contributed by atoms with Crippen molar-refractivity contribution < 1.29 is 13.9 Å². The number of hydrogen-bond acceptors (Lipinski definition) is 3. The first-order valence-corrected chi connectivity index (χ1v) is 6.51. The number of carbonyl (C=O) groups excluding carboxylic acids is 1. The van der Waals surface area contributed by atoms with Crippen molar-refractivity contribution >= 4 is 11.6 Å². The summed E-state index contributed by atoms with van der Waals surface area (Å²) in [5.41, 5.74) is 6.90. The van der Waals surface area contributed by atoms with Crippen LogP contribution in [-0.2, 0) is 0 Å². The van der Waals surface area contributed by atoms with Crippen LogP contribution in [0.4, 0.5) is 10.1 Å². The molecule has 0 heterocycles. The molecule has 1 atom stereocenters. The average molecular weight is 288 g/mol. The monoisotopic (exact) mass is 288 g/mol. The summed E-state index contributed by atoms with van der Waals surface area (Å²) in [6, 6.07) is 10.7. The number of hydrogen-bond donors (Lipinski definition) is 2. The van der Waals surface area contributed by atoms with Crippen LogP contribution in [0.15, 0.2) is 42.5 Å². The molecule has 110 valence electrons. The molecule has 3 N–H and O–H groups in total. The lowest BCUT2D eigenvalue weighted by molar-refractivity contribution is 0.0940. The Balaban J connectivity index is 2.16. The maximum absolute atomic E-state index is 13.7. The number of halogens is 1. The number of nitrogens with one attached hydrogen (secondary N) is 1. The van der Waals surface area contributed by atoms with E-state index in [-0.39, 0.29) is 11.7 Å². The Bertz CT molecular complexity index is 658. The molecule has 1 amide bonds. The molecular weight excluding hydrogens is 271 g/mol. The van der Waals surface area contributed by atoms with Crippen molar-refractivity contribution in [2.45, 2.75) is 13.0 Å². The fourth-order valence-corrected chi connectivity index (χ4v) is 2.05. The van der Waals surface area contributed by atoms with Gasteiger partial charge >= 0.3 is 0 Å². The maximum Gasteiger partial charge on any atom is 0.253 e. The third-order valence-corrected chi connectivity index (χ3v) is 3.22. The van der Waals surface area contributed by atoms with Crippen molar-refractivity contribution in [3.8, 4) is 5.75 Å². The molecule has 5 heteroatoms. The predicted octanol–water partition coefficient (Wildman–Crippen LogP) is 2.91. The van der Waals surface area contributed by atoms with Crippen molar-refractivity contribution in [1.29, 1.82) is 0 Å². The van der Waals surface area contributed by atoms with E-state index >= 15 is 0 Å². The Morgan fingerprint density at radius 1 is 1.29 bits per heavy atom. The molecular formula is C16H17FN2O2. The van der Waals surface area contributed by atoms with E-state index in [0.29, 0.717) is 22.6 Å². The van der Waals surface area contributed by atoms with Crippen LogP contribution >= 0.6 is 0 Å². The van der Waals surface area contributed by atoms with Crippen LogP contribution in [0.25, 0.3) is 0 Å². The minimum atomic E-state index is -0.458. The summed E-state index contributed by atoms with van der Waals surface area (Å²) in [4.78, 5) is 12.2. The highest BCUT2D eigenvalue weighted by molar-refractivity contribution is 5.99. The second-order valence-electron chi connectivity index (χ2n) is 4.67. The van der Waals surface area contributed by atoms with Gasteiger partial charge in [-0.2, -0.15) is 0 Å². The molecule has 2 rings (SSSR count). The van der Waals surface area contributed by atoms with Crippen LogP contribution in [0.1, 0.15) is 28.9 Å². The molecule has 0 aromatic heterocycles. The zero-order chi connectivity index (χ0) is 15.4. The van der Waals surface area contributed by atoms with Crippen molar-refractivity contribution in [3.63, 3.8) is 0 Å². The minimum absolute atomic E-state index is 0.313. The molecule has 0 bridgehead atoms. The van der Waals surface area contributed by atoms with Crippen LogP contribution in [-0.4, -0.2) is 13.0 Å². The quantitative estimate of drug-likeness (QED) is 0.850. The number of anilines is 1. The molecule has 2 aromatic carbocycles. The Hall–Kier alpha value is -2.56. The van der Waals surface area contributed by atoms with Gasteiger partial charge in [-0.3, -0.25) is 4.79 Å². The van der Waals surface area contributed by atoms with Gasteiger partial charge in [0.15, 0.2) is 0 Å². The summed E-state index contributed by atoms with van der Waals surface area (Å²) in [7, 11) is 1.52. The summed E-state index contributed by atoms with van der Waals surface area (Å²) >= 11 is 0. The summed E-state index contributed by atoms with van der Waals surface area (Å²) in [5.74, 6) is -0.134. The number of ether oxygens (including phenoxy) is 1. The molecule has 0 unspecified atom stereocenters. The van der Waals surface area contributed by atoms with Crippen molar-refractivity contribution in [3.05, 3.63) is 59.4 Å². The van der Waals surface area contributed by atoms with Crippen molar-refractivity contribution in [2.24, 2.45) is 0 Å². The largest absolute Gasteiger partial charge is 0.497 e. The molecule has 0 radical (unpaired) electrons. The van der Waals surface area contributed by atoms with Gasteiger partial charge in [0.05, 0.1) is 18.7 Å². The highest BCUT2D eigenvalue weighted by Gasteiger charge is 2.16. The highest BCUT2D eigenvalue weighted by atomic mass is 19.1. The van der Waals surface area contributed by atoms with Crippen LogP contribution in [0.3, 0.4) is 0 Å². The van der Waals surface area contributed by atoms with Gasteiger partial charge in [0, 0.05) is 17.3 Å². The standard InChI is InChI=1S/C16H17FN2O2/c1-10(12-5-3-4-6-14(12)17)19-16(20)13-8-7-11(21-2)9-15(13)18/h3-10H,18H2,1-2H3,(H,19,20)/t10-/m1/s1. The van der Waals surface area contributed by atoms with E-state index in [1.807, 2.05) is 0 Å². The number of nitrogen functional groups attached to an aromatic ring is 1. The first kappa shape index (κ1) is 14.8. The summed E-state index contributed by atoms with van der Waals surface area (Å²) in [5, 5.41) is 2.73. The third-order valence-electron chi connectivity index (χ3n) is 3.22. The highest BCUT2D eigenvalue weighted by Crippen LogP contribution is 2.21. The van der Waals surface area contributed by atoms with Crippen LogP contribution in [0.2, 0.25) is 0 Å². The average Bonchev–Trinajstić information content (AvgIpc) is 2.47. The van der Waals surface area contributed by atoms with Crippen molar-refractivity contribution in [1.82, 2.24) is 5.32 Å². The zero-order valence-electron chi connectivity index (χ0n) is 11.9. The molecule has 0 saturated heterocycles. The SMILES string of the molecule is COc1ccc(C(=O)N[C@H](C)c2ccccc2F)c(N)c1. The summed E-state index contributed by atoms with van der Waals surface area (Å²) in [6.07, 6.45) is 0. The van der Waals surface area contributed by atoms with Crippen LogP contribution < -0.4 is 15.8 Å². The summed E-state index contributed by atoms with van der Waals surface area (Å²) in [6.45, 7) is 1.72. The number of amides is 1. The molecule has 0 aliphatic heterocycles. The molecule has 0 aliphatic carbocycles. The van der Waals surface area contributed by atoms with Gasteiger partial charge in [-0.05, 0) is 25.1 Å². The number of methoxy groups -OCH3 is 1. The zero-order valence-corrected chi connectivity index (χ0v) is 11.9. The molecule has 0 aliphatic rings. The Kier molecular flexibility index (Phi) is 4.42. The van der Waals surface area contributed by atoms with E-state index in [1.54, 1.807) is 43.3 Å². The number of rotatable bonds is 4. The Labute approximate surface area is 122 Å². The first-order chi connectivity index (χ1) is 10.0. The molecule has 21 heavy (non-hydrogen) atoms. The number of carbonyl (C=O) groups is 1. The molecule has 0 spiro atoms. The van der Waals surface area contributed by atoms with Gasteiger partial charge in [-0.15, -0.1) is 0 Å². The van der Waals surface area contributed by atoms with Gasteiger partial charge in [-0.1, -0.05) is 18.2 Å². The lowest BCUT2D eigenvalue weighted by Gasteiger charge is -2.16. The van der Waals surface area contributed by atoms with E-state index in [1.165, 1.54) is 13.2 Å². The molecule has 0 saturated carbocycles.